The lowest BCUT2D eigenvalue weighted by molar-refractivity contribution is 0.587. The number of rotatable bonds is 3. The predicted molar refractivity (Wildman–Crippen MR) is 61.7 cm³/mol. The minimum absolute atomic E-state index is 0.735. The molecule has 0 unspecified atom stereocenters. The first-order valence-corrected chi connectivity index (χ1v) is 5.43. The van der Waals surface area contributed by atoms with E-state index in [0.29, 0.717) is 0 Å². The van der Waals surface area contributed by atoms with Crippen molar-refractivity contribution < 1.29 is 0 Å². The first-order valence-electron chi connectivity index (χ1n) is 4.64. The lowest BCUT2D eigenvalue weighted by Crippen LogP contribution is -1.98. The molecule has 72 valence electrons. The van der Waals surface area contributed by atoms with Gasteiger partial charge in [0, 0.05) is 10.2 Å². The van der Waals surface area contributed by atoms with Crippen molar-refractivity contribution in [3.8, 4) is 0 Å². The Kier molecular flexibility index (Phi) is 3.79. The van der Waals surface area contributed by atoms with Crippen LogP contribution < -0.4 is 5.73 Å². The fraction of sp³-hybridized carbons (Fsp3) is 0.455. The molecule has 0 radical (unpaired) electrons. The van der Waals surface area contributed by atoms with Gasteiger partial charge in [-0.05, 0) is 46.3 Å². The number of nitrogens with two attached hydrogens (primary N) is 1. The molecule has 1 nitrogen and oxygen atoms in total. The van der Waals surface area contributed by atoms with Crippen molar-refractivity contribution in [2.75, 3.05) is 5.73 Å². The molecule has 1 aromatic carbocycles. The SMILES string of the molecule is CC(C)CCc1cccc(Br)c1N. The van der Waals surface area contributed by atoms with E-state index in [4.69, 9.17) is 5.73 Å². The summed E-state index contributed by atoms with van der Waals surface area (Å²) in [7, 11) is 0. The summed E-state index contributed by atoms with van der Waals surface area (Å²) in [6.45, 7) is 4.46. The van der Waals surface area contributed by atoms with Crippen LogP contribution in [0.4, 0.5) is 5.69 Å². The van der Waals surface area contributed by atoms with Crippen LogP contribution in [0.15, 0.2) is 22.7 Å². The van der Waals surface area contributed by atoms with Crippen LogP contribution in [0.25, 0.3) is 0 Å². The van der Waals surface area contributed by atoms with E-state index in [1.807, 2.05) is 12.1 Å². The largest absolute Gasteiger partial charge is 0.398 e. The molecule has 0 atom stereocenters. The van der Waals surface area contributed by atoms with Gasteiger partial charge in [-0.2, -0.15) is 0 Å². The molecule has 0 bridgehead atoms. The van der Waals surface area contributed by atoms with Crippen LogP contribution in [0.3, 0.4) is 0 Å². The van der Waals surface area contributed by atoms with E-state index < -0.39 is 0 Å². The van der Waals surface area contributed by atoms with E-state index in [9.17, 15) is 0 Å². The maximum absolute atomic E-state index is 5.92. The molecule has 0 saturated carbocycles. The second-order valence-corrected chi connectivity index (χ2v) is 4.60. The molecule has 1 aromatic rings. The van der Waals surface area contributed by atoms with Crippen molar-refractivity contribution in [1.82, 2.24) is 0 Å². The number of hydrogen-bond donors (Lipinski definition) is 1. The molecule has 0 aliphatic carbocycles. The third-order valence-electron chi connectivity index (χ3n) is 2.13. The van der Waals surface area contributed by atoms with E-state index in [1.54, 1.807) is 0 Å². The number of benzene rings is 1. The third-order valence-corrected chi connectivity index (χ3v) is 2.83. The Labute approximate surface area is 88.5 Å². The Morgan fingerprint density at radius 2 is 2.08 bits per heavy atom. The van der Waals surface area contributed by atoms with Crippen LogP contribution >= 0.6 is 15.9 Å². The Morgan fingerprint density at radius 3 is 2.69 bits per heavy atom. The Bertz CT molecular complexity index is 281. The summed E-state index contributed by atoms with van der Waals surface area (Å²) >= 11 is 3.43. The van der Waals surface area contributed by atoms with Gasteiger partial charge in [0.2, 0.25) is 0 Å². The number of nitrogen functional groups attached to an aromatic ring is 1. The van der Waals surface area contributed by atoms with Crippen LogP contribution in [-0.2, 0) is 6.42 Å². The molecule has 0 heterocycles. The number of halogens is 1. The average Bonchev–Trinajstić information content (AvgIpc) is 2.07. The van der Waals surface area contributed by atoms with Gasteiger partial charge in [0.05, 0.1) is 0 Å². The van der Waals surface area contributed by atoms with Crippen LogP contribution in [-0.4, -0.2) is 0 Å². The summed E-state index contributed by atoms with van der Waals surface area (Å²) in [5, 5.41) is 0. The Morgan fingerprint density at radius 1 is 1.38 bits per heavy atom. The minimum Gasteiger partial charge on any atom is -0.398 e. The van der Waals surface area contributed by atoms with Crippen molar-refractivity contribution in [3.05, 3.63) is 28.2 Å². The first kappa shape index (κ1) is 10.6. The smallest absolute Gasteiger partial charge is 0.0491 e. The van der Waals surface area contributed by atoms with Gasteiger partial charge in [0.15, 0.2) is 0 Å². The standard InChI is InChI=1S/C11H16BrN/c1-8(2)6-7-9-4-3-5-10(12)11(9)13/h3-5,8H,6-7,13H2,1-2H3. The summed E-state index contributed by atoms with van der Waals surface area (Å²) in [4.78, 5) is 0. The van der Waals surface area contributed by atoms with E-state index >= 15 is 0 Å². The van der Waals surface area contributed by atoms with Gasteiger partial charge < -0.3 is 5.73 Å². The number of hydrogen-bond acceptors (Lipinski definition) is 1. The zero-order valence-corrected chi connectivity index (χ0v) is 9.76. The summed E-state index contributed by atoms with van der Waals surface area (Å²) in [5.41, 5.74) is 8.07. The molecule has 13 heavy (non-hydrogen) atoms. The summed E-state index contributed by atoms with van der Waals surface area (Å²) < 4.78 is 1.01. The highest BCUT2D eigenvalue weighted by atomic mass is 79.9. The van der Waals surface area contributed by atoms with Gasteiger partial charge in [-0.1, -0.05) is 26.0 Å². The number of anilines is 1. The molecule has 0 aliphatic rings. The van der Waals surface area contributed by atoms with Crippen molar-refractivity contribution in [1.29, 1.82) is 0 Å². The number of aryl methyl sites for hydroxylation is 1. The lowest BCUT2D eigenvalue weighted by atomic mass is 10.0. The molecular weight excluding hydrogens is 226 g/mol. The molecule has 2 heteroatoms. The molecule has 0 amide bonds. The fourth-order valence-electron chi connectivity index (χ4n) is 1.24. The topological polar surface area (TPSA) is 26.0 Å². The molecule has 0 saturated heterocycles. The molecule has 0 spiro atoms. The van der Waals surface area contributed by atoms with Crippen LogP contribution in [0.5, 0.6) is 0 Å². The maximum Gasteiger partial charge on any atom is 0.0491 e. The van der Waals surface area contributed by atoms with Crippen molar-refractivity contribution in [2.45, 2.75) is 26.7 Å². The second-order valence-electron chi connectivity index (χ2n) is 3.75. The van der Waals surface area contributed by atoms with Crippen molar-refractivity contribution in [3.63, 3.8) is 0 Å². The monoisotopic (exact) mass is 241 g/mol. The third kappa shape index (κ3) is 3.03. The van der Waals surface area contributed by atoms with E-state index in [-0.39, 0.29) is 0 Å². The van der Waals surface area contributed by atoms with Gasteiger partial charge >= 0.3 is 0 Å². The Balaban J connectivity index is 2.71. The molecule has 0 fully saturated rings. The molecular formula is C11H16BrN. The maximum atomic E-state index is 5.92. The van der Waals surface area contributed by atoms with Gasteiger partial charge in [-0.25, -0.2) is 0 Å². The minimum atomic E-state index is 0.735. The summed E-state index contributed by atoms with van der Waals surface area (Å²) in [6, 6.07) is 6.12. The second kappa shape index (κ2) is 4.66. The predicted octanol–water partition coefficient (Wildman–Crippen LogP) is 3.62. The fourth-order valence-corrected chi connectivity index (χ4v) is 1.65. The molecule has 2 N–H and O–H groups in total. The van der Waals surface area contributed by atoms with Gasteiger partial charge in [0.25, 0.3) is 0 Å². The van der Waals surface area contributed by atoms with Crippen molar-refractivity contribution >= 4 is 21.6 Å². The summed E-state index contributed by atoms with van der Waals surface area (Å²) in [5.74, 6) is 0.735. The quantitative estimate of drug-likeness (QED) is 0.805. The highest BCUT2D eigenvalue weighted by molar-refractivity contribution is 9.10. The molecule has 0 aliphatic heterocycles. The van der Waals surface area contributed by atoms with Crippen LogP contribution in [0.2, 0.25) is 0 Å². The highest BCUT2D eigenvalue weighted by Gasteiger charge is 2.03. The Hall–Kier alpha value is -0.500. The normalized spacial score (nSPS) is 10.8. The molecule has 0 aromatic heterocycles. The van der Waals surface area contributed by atoms with E-state index in [1.165, 1.54) is 12.0 Å². The van der Waals surface area contributed by atoms with Gasteiger partial charge in [0.1, 0.15) is 0 Å². The first-order chi connectivity index (χ1) is 6.11. The highest BCUT2D eigenvalue weighted by Crippen LogP contribution is 2.24. The van der Waals surface area contributed by atoms with E-state index in [0.717, 1.165) is 22.5 Å². The average molecular weight is 242 g/mol. The summed E-state index contributed by atoms with van der Waals surface area (Å²) in [6.07, 6.45) is 2.27. The van der Waals surface area contributed by atoms with E-state index in [2.05, 4.69) is 35.8 Å². The van der Waals surface area contributed by atoms with Gasteiger partial charge in [-0.15, -0.1) is 0 Å². The number of para-hydroxylation sites is 1. The lowest BCUT2D eigenvalue weighted by Gasteiger charge is -2.08. The van der Waals surface area contributed by atoms with Crippen LogP contribution in [0, 0.1) is 5.92 Å². The molecule has 1 rings (SSSR count). The van der Waals surface area contributed by atoms with Gasteiger partial charge in [-0.3, -0.25) is 0 Å². The zero-order chi connectivity index (χ0) is 9.84. The van der Waals surface area contributed by atoms with Crippen LogP contribution in [0.1, 0.15) is 25.8 Å². The zero-order valence-electron chi connectivity index (χ0n) is 8.18. The van der Waals surface area contributed by atoms with Crippen molar-refractivity contribution in [2.24, 2.45) is 5.92 Å².